The highest BCUT2D eigenvalue weighted by Gasteiger charge is 2.21. The van der Waals surface area contributed by atoms with Crippen molar-refractivity contribution in [3.63, 3.8) is 0 Å². The van der Waals surface area contributed by atoms with Crippen LogP contribution in [0.1, 0.15) is 36.1 Å². The maximum atomic E-state index is 12.0. The summed E-state index contributed by atoms with van der Waals surface area (Å²) in [7, 11) is 0. The molecular weight excluding hydrogens is 390 g/mol. The van der Waals surface area contributed by atoms with E-state index in [-0.39, 0.29) is 10.9 Å². The molecule has 0 unspecified atom stereocenters. The first-order chi connectivity index (χ1) is 13.6. The SMILES string of the molecule is CC(C)(C)C(=O)Nc1ccc(CNc2ccc3nc(C(=O)C(N)=O)sc3c2)cn1. The van der Waals surface area contributed by atoms with Crippen molar-refractivity contribution in [2.75, 3.05) is 10.6 Å². The molecule has 0 bridgehead atoms. The van der Waals surface area contributed by atoms with Crippen LogP contribution >= 0.6 is 11.3 Å². The molecule has 0 radical (unpaired) electrons. The topological polar surface area (TPSA) is 127 Å². The fraction of sp³-hybridized carbons (Fsp3) is 0.250. The molecule has 0 saturated carbocycles. The molecule has 29 heavy (non-hydrogen) atoms. The molecule has 3 aromatic rings. The summed E-state index contributed by atoms with van der Waals surface area (Å²) in [4.78, 5) is 43.1. The maximum absolute atomic E-state index is 12.0. The lowest BCUT2D eigenvalue weighted by Crippen LogP contribution is -2.28. The van der Waals surface area contributed by atoms with Crippen LogP contribution in [0.5, 0.6) is 0 Å². The minimum Gasteiger partial charge on any atom is -0.381 e. The number of nitrogens with zero attached hydrogens (tertiary/aromatic N) is 2. The highest BCUT2D eigenvalue weighted by Crippen LogP contribution is 2.26. The van der Waals surface area contributed by atoms with Gasteiger partial charge in [-0.1, -0.05) is 26.8 Å². The van der Waals surface area contributed by atoms with E-state index in [1.54, 1.807) is 18.3 Å². The first-order valence-electron chi connectivity index (χ1n) is 8.88. The van der Waals surface area contributed by atoms with Gasteiger partial charge in [-0.3, -0.25) is 14.4 Å². The molecule has 2 aromatic heterocycles. The highest BCUT2D eigenvalue weighted by molar-refractivity contribution is 7.21. The van der Waals surface area contributed by atoms with Crippen molar-refractivity contribution in [2.24, 2.45) is 11.1 Å². The number of carbonyl (C=O) groups is 3. The van der Waals surface area contributed by atoms with Crippen LogP contribution in [0.15, 0.2) is 36.5 Å². The van der Waals surface area contributed by atoms with Crippen LogP contribution in [-0.4, -0.2) is 27.6 Å². The van der Waals surface area contributed by atoms with Crippen LogP contribution in [0.3, 0.4) is 0 Å². The molecule has 9 heteroatoms. The van der Waals surface area contributed by atoms with Gasteiger partial charge in [-0.25, -0.2) is 9.97 Å². The number of hydrogen-bond acceptors (Lipinski definition) is 7. The summed E-state index contributed by atoms with van der Waals surface area (Å²) in [6.07, 6.45) is 1.69. The van der Waals surface area contributed by atoms with E-state index in [4.69, 9.17) is 5.73 Å². The van der Waals surface area contributed by atoms with Crippen molar-refractivity contribution in [3.8, 4) is 0 Å². The second-order valence-corrected chi connectivity index (χ2v) is 8.53. The standard InChI is InChI=1S/C20H21N5O3S/c1-20(2,3)19(28)25-15-7-4-11(10-23-15)9-22-12-5-6-13-14(8-12)29-18(24-13)16(26)17(21)27/h4-8,10,22H,9H2,1-3H3,(H2,21,27)(H,23,25,28). The fourth-order valence-electron chi connectivity index (χ4n) is 2.35. The number of amides is 2. The monoisotopic (exact) mass is 411 g/mol. The highest BCUT2D eigenvalue weighted by atomic mass is 32.1. The third-order valence-corrected chi connectivity index (χ3v) is 5.07. The number of rotatable bonds is 6. The number of Topliss-reactive ketones (excluding diaryl/α,β-unsaturated/α-hetero) is 1. The number of anilines is 2. The van der Waals surface area contributed by atoms with E-state index >= 15 is 0 Å². The lowest BCUT2D eigenvalue weighted by Gasteiger charge is -2.17. The Kier molecular flexibility index (Phi) is 5.60. The summed E-state index contributed by atoms with van der Waals surface area (Å²) in [6.45, 7) is 6.05. The van der Waals surface area contributed by atoms with E-state index in [0.29, 0.717) is 17.9 Å². The predicted octanol–water partition coefficient (Wildman–Crippen LogP) is 2.96. The van der Waals surface area contributed by atoms with E-state index in [0.717, 1.165) is 27.3 Å². The van der Waals surface area contributed by atoms with Crippen molar-refractivity contribution in [3.05, 3.63) is 47.1 Å². The average Bonchev–Trinajstić information content (AvgIpc) is 3.09. The molecule has 0 saturated heterocycles. The van der Waals surface area contributed by atoms with Crippen molar-refractivity contribution >= 4 is 50.7 Å². The molecule has 2 heterocycles. The lowest BCUT2D eigenvalue weighted by molar-refractivity contribution is -0.123. The maximum Gasteiger partial charge on any atom is 0.292 e. The van der Waals surface area contributed by atoms with Gasteiger partial charge in [0.05, 0.1) is 10.2 Å². The van der Waals surface area contributed by atoms with Crippen molar-refractivity contribution in [1.29, 1.82) is 0 Å². The molecule has 0 aliphatic carbocycles. The smallest absolute Gasteiger partial charge is 0.292 e. The number of pyridine rings is 1. The normalized spacial score (nSPS) is 11.3. The number of ketones is 1. The number of aromatic nitrogens is 2. The Labute approximate surface area is 171 Å². The molecule has 8 nitrogen and oxygen atoms in total. The lowest BCUT2D eigenvalue weighted by atomic mass is 9.96. The van der Waals surface area contributed by atoms with Gasteiger partial charge in [0.1, 0.15) is 5.82 Å². The summed E-state index contributed by atoms with van der Waals surface area (Å²) in [6, 6.07) is 9.11. The number of hydrogen-bond donors (Lipinski definition) is 3. The van der Waals surface area contributed by atoms with Gasteiger partial charge in [0.2, 0.25) is 5.91 Å². The zero-order valence-electron chi connectivity index (χ0n) is 16.3. The quantitative estimate of drug-likeness (QED) is 0.423. The Morgan fingerprint density at radius 1 is 1.14 bits per heavy atom. The Bertz CT molecular complexity index is 1080. The Balaban J connectivity index is 1.65. The van der Waals surface area contributed by atoms with Gasteiger partial charge in [-0.05, 0) is 29.8 Å². The Morgan fingerprint density at radius 2 is 1.90 bits per heavy atom. The number of nitrogens with one attached hydrogen (secondary N) is 2. The summed E-state index contributed by atoms with van der Waals surface area (Å²) in [5, 5.41) is 6.14. The third-order valence-electron chi connectivity index (χ3n) is 4.05. The van der Waals surface area contributed by atoms with Gasteiger partial charge in [-0.2, -0.15) is 0 Å². The van der Waals surface area contributed by atoms with Gasteiger partial charge >= 0.3 is 0 Å². The number of fused-ring (bicyclic) bond motifs is 1. The number of benzene rings is 1. The molecule has 3 rings (SSSR count). The zero-order valence-corrected chi connectivity index (χ0v) is 17.1. The summed E-state index contributed by atoms with van der Waals surface area (Å²) in [5.41, 5.74) is 6.95. The second-order valence-electron chi connectivity index (χ2n) is 7.50. The van der Waals surface area contributed by atoms with Crippen LogP contribution < -0.4 is 16.4 Å². The van der Waals surface area contributed by atoms with Gasteiger partial charge in [0, 0.05) is 23.8 Å². The van der Waals surface area contributed by atoms with Gasteiger partial charge in [0.15, 0.2) is 5.01 Å². The van der Waals surface area contributed by atoms with Gasteiger partial charge in [0.25, 0.3) is 11.7 Å². The first-order valence-corrected chi connectivity index (χ1v) is 9.70. The molecule has 0 aliphatic rings. The van der Waals surface area contributed by atoms with Crippen LogP contribution in [-0.2, 0) is 16.1 Å². The average molecular weight is 411 g/mol. The van der Waals surface area contributed by atoms with E-state index in [1.807, 2.05) is 39.0 Å². The molecule has 0 fully saturated rings. The van der Waals surface area contributed by atoms with Gasteiger partial charge < -0.3 is 16.4 Å². The third kappa shape index (κ3) is 4.94. The molecule has 1 aromatic carbocycles. The minimum absolute atomic E-state index is 0.0849. The summed E-state index contributed by atoms with van der Waals surface area (Å²) >= 11 is 1.13. The second kappa shape index (κ2) is 7.96. The molecule has 0 aliphatic heterocycles. The van der Waals surface area contributed by atoms with E-state index < -0.39 is 17.1 Å². The molecule has 4 N–H and O–H groups in total. The Hall–Kier alpha value is -3.33. The van der Waals surface area contributed by atoms with Crippen LogP contribution in [0.2, 0.25) is 0 Å². The van der Waals surface area contributed by atoms with Crippen molar-refractivity contribution in [1.82, 2.24) is 9.97 Å². The largest absolute Gasteiger partial charge is 0.381 e. The van der Waals surface area contributed by atoms with Gasteiger partial charge in [-0.15, -0.1) is 11.3 Å². The molecular formula is C20H21N5O3S. The van der Waals surface area contributed by atoms with Crippen LogP contribution in [0, 0.1) is 5.41 Å². The Morgan fingerprint density at radius 3 is 2.52 bits per heavy atom. The molecule has 0 atom stereocenters. The van der Waals surface area contributed by atoms with E-state index in [2.05, 4.69) is 20.6 Å². The summed E-state index contributed by atoms with van der Waals surface area (Å²) in [5.74, 6) is -1.39. The molecule has 150 valence electrons. The van der Waals surface area contributed by atoms with Crippen molar-refractivity contribution in [2.45, 2.75) is 27.3 Å². The predicted molar refractivity (Wildman–Crippen MR) is 113 cm³/mol. The first kappa shape index (κ1) is 20.4. The van der Waals surface area contributed by atoms with Crippen LogP contribution in [0.25, 0.3) is 10.2 Å². The van der Waals surface area contributed by atoms with E-state index in [1.165, 1.54) is 0 Å². The summed E-state index contributed by atoms with van der Waals surface area (Å²) < 4.78 is 0.776. The van der Waals surface area contributed by atoms with Crippen LogP contribution in [0.4, 0.5) is 11.5 Å². The number of carbonyl (C=O) groups excluding carboxylic acids is 3. The number of thiazole rings is 1. The minimum atomic E-state index is -1.02. The van der Waals surface area contributed by atoms with Crippen molar-refractivity contribution < 1.29 is 14.4 Å². The molecule has 0 spiro atoms. The number of nitrogens with two attached hydrogens (primary N) is 1. The molecule has 2 amide bonds. The zero-order chi connectivity index (χ0) is 21.2. The van der Waals surface area contributed by atoms with E-state index in [9.17, 15) is 14.4 Å². The fourth-order valence-corrected chi connectivity index (χ4v) is 3.30. The number of primary amides is 1.